The molecule has 0 aromatic heterocycles. The van der Waals surface area contributed by atoms with E-state index in [0.717, 1.165) is 50.1 Å². The molecule has 0 spiro atoms. The first-order valence-corrected chi connectivity index (χ1v) is 9.76. The predicted octanol–water partition coefficient (Wildman–Crippen LogP) is 3.45. The maximum atomic E-state index is 13.0. The molecule has 1 aromatic rings. The Hall–Kier alpha value is -2.30. The van der Waals surface area contributed by atoms with Gasteiger partial charge >= 0.3 is 0 Å². The molecule has 0 N–H and O–H groups in total. The van der Waals surface area contributed by atoms with Crippen molar-refractivity contribution in [3.8, 4) is 5.75 Å². The fourth-order valence-electron chi connectivity index (χ4n) is 3.60. The van der Waals surface area contributed by atoms with Crippen LogP contribution in [0.5, 0.6) is 5.75 Å². The average Bonchev–Trinajstić information content (AvgIpc) is 2.92. The summed E-state index contributed by atoms with van der Waals surface area (Å²) in [6.45, 7) is 6.87. The minimum atomic E-state index is -0.167. The number of piperidine rings is 1. The van der Waals surface area contributed by atoms with Crippen LogP contribution in [0.15, 0.2) is 30.0 Å². The van der Waals surface area contributed by atoms with Crippen LogP contribution in [0.3, 0.4) is 0 Å². The molecular formula is C21H28N2O3. The van der Waals surface area contributed by atoms with E-state index < -0.39 is 0 Å². The van der Waals surface area contributed by atoms with Gasteiger partial charge in [0.05, 0.1) is 12.2 Å². The third kappa shape index (κ3) is 3.62. The van der Waals surface area contributed by atoms with Crippen molar-refractivity contribution < 1.29 is 14.3 Å². The van der Waals surface area contributed by atoms with E-state index in [2.05, 4.69) is 11.8 Å². The quantitative estimate of drug-likeness (QED) is 0.702. The highest BCUT2D eigenvalue weighted by Crippen LogP contribution is 2.33. The van der Waals surface area contributed by atoms with Crippen LogP contribution in [0.25, 0.3) is 5.57 Å². The summed E-state index contributed by atoms with van der Waals surface area (Å²) in [5, 5.41) is 0. The molecule has 2 aliphatic heterocycles. The van der Waals surface area contributed by atoms with Crippen molar-refractivity contribution in [3.63, 3.8) is 0 Å². The van der Waals surface area contributed by atoms with Gasteiger partial charge in [-0.3, -0.25) is 14.5 Å². The number of ether oxygens (including phenoxy) is 1. The highest BCUT2D eigenvalue weighted by Gasteiger charge is 2.41. The fourth-order valence-corrected chi connectivity index (χ4v) is 3.60. The van der Waals surface area contributed by atoms with Crippen molar-refractivity contribution in [1.29, 1.82) is 0 Å². The molecule has 3 rings (SSSR count). The zero-order valence-corrected chi connectivity index (χ0v) is 15.8. The van der Waals surface area contributed by atoms with Crippen LogP contribution < -0.4 is 4.74 Å². The van der Waals surface area contributed by atoms with E-state index in [0.29, 0.717) is 24.4 Å². The van der Waals surface area contributed by atoms with Gasteiger partial charge in [0.25, 0.3) is 11.8 Å². The normalized spacial score (nSPS) is 18.1. The second kappa shape index (κ2) is 8.39. The maximum Gasteiger partial charge on any atom is 0.277 e. The maximum absolute atomic E-state index is 13.0. The molecular weight excluding hydrogens is 328 g/mol. The van der Waals surface area contributed by atoms with Crippen LogP contribution >= 0.6 is 0 Å². The number of carbonyl (C=O) groups is 2. The number of benzene rings is 1. The Morgan fingerprint density at radius 1 is 0.923 bits per heavy atom. The Bertz CT molecular complexity index is 688. The number of rotatable bonds is 7. The zero-order valence-electron chi connectivity index (χ0n) is 15.8. The number of likely N-dealkylation sites (tertiary alicyclic amines) is 1. The van der Waals surface area contributed by atoms with E-state index in [-0.39, 0.29) is 11.8 Å². The molecule has 2 amide bonds. The summed E-state index contributed by atoms with van der Waals surface area (Å²) in [7, 11) is 0. The lowest BCUT2D eigenvalue weighted by molar-refractivity contribution is -0.137. The molecule has 0 unspecified atom stereocenters. The van der Waals surface area contributed by atoms with Crippen molar-refractivity contribution in [2.75, 3.05) is 26.2 Å². The van der Waals surface area contributed by atoms with Gasteiger partial charge in [-0.05, 0) is 49.8 Å². The highest BCUT2D eigenvalue weighted by atomic mass is 16.5. The van der Waals surface area contributed by atoms with Crippen molar-refractivity contribution in [1.82, 2.24) is 9.80 Å². The third-order valence-electron chi connectivity index (χ3n) is 4.88. The van der Waals surface area contributed by atoms with Crippen LogP contribution in [0.2, 0.25) is 0 Å². The van der Waals surface area contributed by atoms with Crippen LogP contribution in [0.1, 0.15) is 51.5 Å². The molecule has 140 valence electrons. The van der Waals surface area contributed by atoms with Gasteiger partial charge in [-0.2, -0.15) is 0 Å². The van der Waals surface area contributed by atoms with Crippen molar-refractivity contribution in [2.45, 2.75) is 46.0 Å². The monoisotopic (exact) mass is 356 g/mol. The second-order valence-electron chi connectivity index (χ2n) is 6.91. The SMILES string of the molecule is CCCOc1ccc(C2=C(N3CCCCC3)C(=O)N(CCC)C2=O)cc1. The van der Waals surface area contributed by atoms with E-state index in [1.807, 2.05) is 31.2 Å². The van der Waals surface area contributed by atoms with Gasteiger partial charge in [-0.1, -0.05) is 26.0 Å². The highest BCUT2D eigenvalue weighted by molar-refractivity contribution is 6.35. The minimum Gasteiger partial charge on any atom is -0.494 e. The van der Waals surface area contributed by atoms with E-state index in [1.165, 1.54) is 11.3 Å². The standard InChI is InChI=1S/C21H28N2O3/c1-3-12-23-20(24)18(16-8-10-17(11-9-16)26-15-4-2)19(21(23)25)22-13-6-5-7-14-22/h8-11H,3-7,12-15H2,1-2H3. The largest absolute Gasteiger partial charge is 0.494 e. The van der Waals surface area contributed by atoms with Crippen LogP contribution in [0.4, 0.5) is 0 Å². The van der Waals surface area contributed by atoms with Crippen molar-refractivity contribution in [3.05, 3.63) is 35.5 Å². The van der Waals surface area contributed by atoms with Gasteiger partial charge in [0, 0.05) is 19.6 Å². The number of hydrogen-bond donors (Lipinski definition) is 0. The van der Waals surface area contributed by atoms with E-state index in [9.17, 15) is 9.59 Å². The number of carbonyl (C=O) groups excluding carboxylic acids is 2. The van der Waals surface area contributed by atoms with Gasteiger partial charge in [-0.15, -0.1) is 0 Å². The van der Waals surface area contributed by atoms with Crippen molar-refractivity contribution >= 4 is 17.4 Å². The summed E-state index contributed by atoms with van der Waals surface area (Å²) >= 11 is 0. The number of amides is 2. The Labute approximate surface area is 155 Å². The second-order valence-corrected chi connectivity index (χ2v) is 6.91. The van der Waals surface area contributed by atoms with Gasteiger partial charge in [0.2, 0.25) is 0 Å². The summed E-state index contributed by atoms with van der Waals surface area (Å²) in [6, 6.07) is 7.55. The molecule has 0 radical (unpaired) electrons. The number of hydrogen-bond acceptors (Lipinski definition) is 4. The van der Waals surface area contributed by atoms with Gasteiger partial charge < -0.3 is 9.64 Å². The zero-order chi connectivity index (χ0) is 18.5. The lowest BCUT2D eigenvalue weighted by Crippen LogP contribution is -2.37. The van der Waals surface area contributed by atoms with E-state index >= 15 is 0 Å². The minimum absolute atomic E-state index is 0.139. The molecule has 2 aliphatic rings. The summed E-state index contributed by atoms with van der Waals surface area (Å²) in [5.74, 6) is 0.484. The molecule has 0 atom stereocenters. The van der Waals surface area contributed by atoms with Crippen LogP contribution in [-0.4, -0.2) is 47.9 Å². The Morgan fingerprint density at radius 3 is 2.23 bits per heavy atom. The van der Waals surface area contributed by atoms with Crippen LogP contribution in [0, 0.1) is 0 Å². The summed E-state index contributed by atoms with van der Waals surface area (Å²) in [4.78, 5) is 29.5. The predicted molar refractivity (Wildman–Crippen MR) is 102 cm³/mol. The summed E-state index contributed by atoms with van der Waals surface area (Å²) < 4.78 is 5.63. The fraction of sp³-hybridized carbons (Fsp3) is 0.524. The van der Waals surface area contributed by atoms with Gasteiger partial charge in [-0.25, -0.2) is 0 Å². The lowest BCUT2D eigenvalue weighted by Gasteiger charge is -2.29. The van der Waals surface area contributed by atoms with Crippen molar-refractivity contribution in [2.24, 2.45) is 0 Å². The Kier molecular flexibility index (Phi) is 5.96. The first-order valence-electron chi connectivity index (χ1n) is 9.76. The molecule has 26 heavy (non-hydrogen) atoms. The molecule has 5 nitrogen and oxygen atoms in total. The first kappa shape index (κ1) is 18.5. The Morgan fingerprint density at radius 2 is 1.62 bits per heavy atom. The van der Waals surface area contributed by atoms with Gasteiger partial charge in [0.1, 0.15) is 11.4 Å². The molecule has 0 bridgehead atoms. The molecule has 2 heterocycles. The van der Waals surface area contributed by atoms with Crippen LogP contribution in [-0.2, 0) is 9.59 Å². The third-order valence-corrected chi connectivity index (χ3v) is 4.88. The molecule has 0 aliphatic carbocycles. The molecule has 1 saturated heterocycles. The topological polar surface area (TPSA) is 49.9 Å². The number of imide groups is 1. The first-order chi connectivity index (χ1) is 12.7. The molecule has 1 aromatic carbocycles. The molecule has 5 heteroatoms. The van der Waals surface area contributed by atoms with Gasteiger partial charge in [0.15, 0.2) is 0 Å². The Balaban J connectivity index is 1.96. The summed E-state index contributed by atoms with van der Waals surface area (Å²) in [6.07, 6.45) is 5.03. The van der Waals surface area contributed by atoms with E-state index in [1.54, 1.807) is 0 Å². The molecule has 1 fully saturated rings. The summed E-state index contributed by atoms with van der Waals surface area (Å²) in [5.41, 5.74) is 1.93. The lowest BCUT2D eigenvalue weighted by atomic mass is 10.0. The molecule has 0 saturated carbocycles. The average molecular weight is 356 g/mol. The smallest absolute Gasteiger partial charge is 0.277 e. The number of nitrogens with zero attached hydrogens (tertiary/aromatic N) is 2. The van der Waals surface area contributed by atoms with E-state index in [4.69, 9.17) is 4.74 Å².